The van der Waals surface area contributed by atoms with Gasteiger partial charge in [0, 0.05) is 12.7 Å². The van der Waals surface area contributed by atoms with Crippen LogP contribution in [0.3, 0.4) is 0 Å². The highest BCUT2D eigenvalue weighted by molar-refractivity contribution is 5.87. The highest BCUT2D eigenvalue weighted by Crippen LogP contribution is 2.05. The summed E-state index contributed by atoms with van der Waals surface area (Å²) in [5, 5.41) is 3.07. The molecule has 0 fully saturated rings. The van der Waals surface area contributed by atoms with Crippen LogP contribution in [-0.2, 0) is 11.3 Å². The van der Waals surface area contributed by atoms with E-state index in [1.165, 1.54) is 24.1 Å². The lowest BCUT2D eigenvalue weighted by atomic mass is 10.1. The molecule has 0 saturated heterocycles. The first kappa shape index (κ1) is 10.5. The molecule has 2 nitrogen and oxygen atoms in total. The summed E-state index contributed by atoms with van der Waals surface area (Å²) >= 11 is 0. The van der Waals surface area contributed by atoms with Crippen LogP contribution >= 0.6 is 0 Å². The van der Waals surface area contributed by atoms with Gasteiger partial charge >= 0.3 is 0 Å². The fourth-order valence-electron chi connectivity index (χ4n) is 1.15. The normalized spacial score (nSPS) is 10.4. The third-order valence-electron chi connectivity index (χ3n) is 1.99. The minimum absolute atomic E-state index is 0.0577. The van der Waals surface area contributed by atoms with Crippen molar-refractivity contribution in [3.63, 3.8) is 0 Å². The van der Waals surface area contributed by atoms with Crippen LogP contribution in [0.1, 0.15) is 18.1 Å². The van der Waals surface area contributed by atoms with Crippen LogP contribution in [0.25, 0.3) is 0 Å². The fraction of sp³-hybridized carbons (Fsp3) is 0.250. The summed E-state index contributed by atoms with van der Waals surface area (Å²) < 4.78 is 0. The van der Waals surface area contributed by atoms with E-state index in [1.807, 2.05) is 12.1 Å². The molecule has 2 heteroatoms. The molecule has 0 heterocycles. The summed E-state index contributed by atoms with van der Waals surface area (Å²) in [7, 11) is 0. The Bertz CT molecular complexity index is 342. The van der Waals surface area contributed by atoms with E-state index in [1.54, 1.807) is 6.20 Å². The van der Waals surface area contributed by atoms with Crippen molar-refractivity contribution in [1.29, 1.82) is 0 Å². The quantitative estimate of drug-likeness (QED) is 0.735. The van der Waals surface area contributed by atoms with Crippen molar-refractivity contribution >= 4 is 5.78 Å². The molecule has 0 atom stereocenters. The Morgan fingerprint density at radius 2 is 2.14 bits per heavy atom. The molecule has 0 aliphatic rings. The first-order valence-electron chi connectivity index (χ1n) is 4.65. The minimum Gasteiger partial charge on any atom is -0.387 e. The lowest BCUT2D eigenvalue weighted by molar-refractivity contribution is -0.112. The van der Waals surface area contributed by atoms with E-state index in [2.05, 4.69) is 24.4 Å². The maximum atomic E-state index is 10.6. The molecule has 0 saturated carbocycles. The second-order valence-electron chi connectivity index (χ2n) is 3.25. The minimum atomic E-state index is 0.0577. The second-order valence-corrected chi connectivity index (χ2v) is 3.25. The van der Waals surface area contributed by atoms with E-state index in [9.17, 15) is 4.79 Å². The van der Waals surface area contributed by atoms with Crippen molar-refractivity contribution in [3.05, 3.63) is 47.7 Å². The molecular weight excluding hydrogens is 174 g/mol. The molecule has 0 aromatic heterocycles. The smallest absolute Gasteiger partial charge is 0.154 e. The van der Waals surface area contributed by atoms with Gasteiger partial charge in [-0.25, -0.2) is 0 Å². The van der Waals surface area contributed by atoms with Crippen molar-refractivity contribution in [2.45, 2.75) is 20.4 Å². The zero-order chi connectivity index (χ0) is 10.4. The van der Waals surface area contributed by atoms with Gasteiger partial charge in [-0.1, -0.05) is 24.3 Å². The highest BCUT2D eigenvalue weighted by Gasteiger charge is 1.93. The molecule has 0 spiro atoms. The number of aryl methyl sites for hydroxylation is 1. The molecule has 1 N–H and O–H groups in total. The Hall–Kier alpha value is -1.57. The average molecular weight is 189 g/mol. The first-order chi connectivity index (χ1) is 6.70. The summed E-state index contributed by atoms with van der Waals surface area (Å²) in [4.78, 5) is 10.6. The van der Waals surface area contributed by atoms with Crippen LogP contribution in [0.2, 0.25) is 0 Å². The van der Waals surface area contributed by atoms with Crippen LogP contribution in [0.5, 0.6) is 0 Å². The maximum Gasteiger partial charge on any atom is 0.154 e. The first-order valence-corrected chi connectivity index (χ1v) is 4.65. The summed E-state index contributed by atoms with van der Waals surface area (Å²) in [5.74, 6) is 0.0577. The lowest BCUT2D eigenvalue weighted by Crippen LogP contribution is -2.06. The Kier molecular flexibility index (Phi) is 3.92. The van der Waals surface area contributed by atoms with E-state index in [4.69, 9.17) is 0 Å². The van der Waals surface area contributed by atoms with Crippen LogP contribution in [-0.4, -0.2) is 5.78 Å². The van der Waals surface area contributed by atoms with Gasteiger partial charge in [-0.2, -0.15) is 0 Å². The molecule has 0 amide bonds. The second kappa shape index (κ2) is 5.22. The lowest BCUT2D eigenvalue weighted by Gasteiger charge is -2.04. The zero-order valence-corrected chi connectivity index (χ0v) is 8.58. The molecule has 1 rings (SSSR count). The van der Waals surface area contributed by atoms with Crippen LogP contribution in [0, 0.1) is 6.92 Å². The number of hydrogen-bond acceptors (Lipinski definition) is 2. The van der Waals surface area contributed by atoms with Crippen molar-refractivity contribution in [3.8, 4) is 0 Å². The molecule has 14 heavy (non-hydrogen) atoms. The summed E-state index contributed by atoms with van der Waals surface area (Å²) in [6.07, 6.45) is 3.22. The summed E-state index contributed by atoms with van der Waals surface area (Å²) in [6, 6.07) is 8.18. The van der Waals surface area contributed by atoms with E-state index < -0.39 is 0 Å². The van der Waals surface area contributed by atoms with Gasteiger partial charge in [-0.15, -0.1) is 0 Å². The molecule has 0 radical (unpaired) electrons. The monoisotopic (exact) mass is 189 g/mol. The number of carbonyl (C=O) groups is 1. The van der Waals surface area contributed by atoms with Gasteiger partial charge in [0.1, 0.15) is 0 Å². The Morgan fingerprint density at radius 1 is 1.43 bits per heavy atom. The number of allylic oxidation sites excluding steroid dienone is 1. The van der Waals surface area contributed by atoms with E-state index >= 15 is 0 Å². The van der Waals surface area contributed by atoms with Gasteiger partial charge in [0.15, 0.2) is 5.78 Å². The van der Waals surface area contributed by atoms with E-state index in [0.29, 0.717) is 0 Å². The zero-order valence-electron chi connectivity index (χ0n) is 8.58. The summed E-state index contributed by atoms with van der Waals surface area (Å²) in [5.41, 5.74) is 2.51. The Morgan fingerprint density at radius 3 is 2.79 bits per heavy atom. The molecule has 0 bridgehead atoms. The van der Waals surface area contributed by atoms with Gasteiger partial charge in [-0.3, -0.25) is 4.79 Å². The number of hydrogen-bond donors (Lipinski definition) is 1. The molecule has 74 valence electrons. The Balaban J connectivity index is 2.46. The van der Waals surface area contributed by atoms with Crippen molar-refractivity contribution < 1.29 is 4.79 Å². The van der Waals surface area contributed by atoms with Gasteiger partial charge in [0.25, 0.3) is 0 Å². The van der Waals surface area contributed by atoms with Crippen molar-refractivity contribution in [1.82, 2.24) is 5.32 Å². The van der Waals surface area contributed by atoms with Gasteiger partial charge < -0.3 is 5.32 Å². The fourth-order valence-corrected chi connectivity index (χ4v) is 1.15. The molecule has 0 aliphatic carbocycles. The maximum absolute atomic E-state index is 10.6. The van der Waals surface area contributed by atoms with Crippen molar-refractivity contribution in [2.75, 3.05) is 0 Å². The number of carbonyl (C=O) groups excluding carboxylic acids is 1. The number of ketones is 1. The predicted molar refractivity (Wildman–Crippen MR) is 57.8 cm³/mol. The van der Waals surface area contributed by atoms with E-state index in [-0.39, 0.29) is 5.78 Å². The number of nitrogens with one attached hydrogen (secondary N) is 1. The number of rotatable bonds is 4. The molecule has 1 aromatic rings. The topological polar surface area (TPSA) is 29.1 Å². The van der Waals surface area contributed by atoms with Gasteiger partial charge in [0.2, 0.25) is 0 Å². The van der Waals surface area contributed by atoms with Crippen molar-refractivity contribution in [2.24, 2.45) is 0 Å². The molecular formula is C12H15NO. The number of benzene rings is 1. The van der Waals surface area contributed by atoms with E-state index in [0.717, 1.165) is 6.54 Å². The largest absolute Gasteiger partial charge is 0.387 e. The molecule has 0 unspecified atom stereocenters. The average Bonchev–Trinajstić information content (AvgIpc) is 2.15. The van der Waals surface area contributed by atoms with Gasteiger partial charge in [0.05, 0.1) is 0 Å². The third kappa shape index (κ3) is 3.44. The van der Waals surface area contributed by atoms with Crippen LogP contribution in [0.4, 0.5) is 0 Å². The summed E-state index contributed by atoms with van der Waals surface area (Å²) in [6.45, 7) is 4.37. The molecule has 1 aromatic carbocycles. The standard InChI is InChI=1S/C12H15NO/c1-10-5-3-4-6-12(10)9-13-8-7-11(2)14/h3-8,13H,9H2,1-2H3/b8-7+. The SMILES string of the molecule is CC(=O)/C=C/NCc1ccccc1C. The van der Waals surface area contributed by atoms with Crippen LogP contribution in [0.15, 0.2) is 36.5 Å². The van der Waals surface area contributed by atoms with Gasteiger partial charge in [-0.05, 0) is 31.1 Å². The third-order valence-corrected chi connectivity index (χ3v) is 1.99. The van der Waals surface area contributed by atoms with Crippen LogP contribution < -0.4 is 5.32 Å². The predicted octanol–water partition coefficient (Wildman–Crippen LogP) is 2.19. The molecule has 0 aliphatic heterocycles. The highest BCUT2D eigenvalue weighted by atomic mass is 16.1. The Labute approximate surface area is 84.6 Å².